The number of pyridine rings is 1. The third-order valence-electron chi connectivity index (χ3n) is 4.23. The third kappa shape index (κ3) is 4.46. The highest BCUT2D eigenvalue weighted by Gasteiger charge is 2.25. The molecule has 1 unspecified atom stereocenters. The average Bonchev–Trinajstić information content (AvgIpc) is 2.48. The molecule has 116 valence electrons. The summed E-state index contributed by atoms with van der Waals surface area (Å²) in [5.74, 6) is 0. The first-order valence-corrected chi connectivity index (χ1v) is 8.19. The van der Waals surface area contributed by atoms with E-state index in [0.29, 0.717) is 4.99 Å². The molecule has 1 aliphatic heterocycles. The molecule has 1 aliphatic rings. The number of thiocarbonyl (C=S) groups is 1. The normalized spacial score (nSPS) is 18.6. The summed E-state index contributed by atoms with van der Waals surface area (Å²) in [4.78, 5) is 10.0. The van der Waals surface area contributed by atoms with E-state index in [1.807, 2.05) is 12.3 Å². The Morgan fingerprint density at radius 3 is 2.67 bits per heavy atom. The minimum atomic E-state index is 0.267. The maximum absolute atomic E-state index is 5.90. The van der Waals surface area contributed by atoms with Gasteiger partial charge in [0.05, 0.1) is 16.7 Å². The van der Waals surface area contributed by atoms with Crippen LogP contribution in [0.1, 0.15) is 31.0 Å². The predicted molar refractivity (Wildman–Crippen MR) is 91.3 cm³/mol. The van der Waals surface area contributed by atoms with E-state index in [-0.39, 0.29) is 6.04 Å². The maximum atomic E-state index is 5.90. The van der Waals surface area contributed by atoms with Gasteiger partial charge in [-0.2, -0.15) is 0 Å². The highest BCUT2D eigenvalue weighted by Crippen LogP contribution is 2.14. The summed E-state index contributed by atoms with van der Waals surface area (Å²) in [6.07, 6.45) is 4.06. The molecule has 2 rings (SSSR count). The standard InChI is InChI=1S/C16H26N4S/c1-3-5-15(16(17)21)20-10-8-19(9-11-20)12-14-13(2)6-4-7-18-14/h4,6-7,15H,3,5,8-12H2,1-2H3,(H2,17,21). The van der Waals surface area contributed by atoms with Crippen molar-refractivity contribution in [3.63, 3.8) is 0 Å². The zero-order chi connectivity index (χ0) is 15.2. The number of nitrogens with two attached hydrogens (primary N) is 1. The van der Waals surface area contributed by atoms with Crippen LogP contribution in [0.25, 0.3) is 0 Å². The molecule has 0 radical (unpaired) electrons. The summed E-state index contributed by atoms with van der Waals surface area (Å²) in [7, 11) is 0. The van der Waals surface area contributed by atoms with Gasteiger partial charge >= 0.3 is 0 Å². The van der Waals surface area contributed by atoms with Gasteiger partial charge in [0.1, 0.15) is 0 Å². The van der Waals surface area contributed by atoms with Crippen molar-refractivity contribution < 1.29 is 0 Å². The second-order valence-corrected chi connectivity index (χ2v) is 6.26. The molecule has 0 aliphatic carbocycles. The Hall–Kier alpha value is -1.04. The Morgan fingerprint density at radius 2 is 2.10 bits per heavy atom. The molecule has 21 heavy (non-hydrogen) atoms. The Balaban J connectivity index is 1.88. The fraction of sp³-hybridized carbons (Fsp3) is 0.625. The third-order valence-corrected chi connectivity index (χ3v) is 4.50. The molecule has 0 spiro atoms. The zero-order valence-electron chi connectivity index (χ0n) is 13.1. The van der Waals surface area contributed by atoms with Crippen LogP contribution in [0.2, 0.25) is 0 Å². The van der Waals surface area contributed by atoms with Crippen LogP contribution in [-0.4, -0.2) is 52.0 Å². The number of nitrogens with zero attached hydrogens (tertiary/aromatic N) is 3. The molecule has 5 heteroatoms. The van der Waals surface area contributed by atoms with E-state index < -0.39 is 0 Å². The largest absolute Gasteiger partial charge is 0.392 e. The molecule has 2 heterocycles. The Labute approximate surface area is 133 Å². The molecule has 0 bridgehead atoms. The van der Waals surface area contributed by atoms with Crippen LogP contribution in [0, 0.1) is 6.92 Å². The number of aryl methyl sites for hydroxylation is 1. The zero-order valence-corrected chi connectivity index (χ0v) is 13.9. The molecule has 4 nitrogen and oxygen atoms in total. The van der Waals surface area contributed by atoms with Gasteiger partial charge in [-0.3, -0.25) is 14.8 Å². The van der Waals surface area contributed by atoms with Gasteiger partial charge in [-0.25, -0.2) is 0 Å². The van der Waals surface area contributed by atoms with Crippen molar-refractivity contribution in [3.05, 3.63) is 29.6 Å². The molecular formula is C16H26N4S. The molecule has 0 amide bonds. The molecule has 1 fully saturated rings. The fourth-order valence-electron chi connectivity index (χ4n) is 2.91. The van der Waals surface area contributed by atoms with E-state index in [1.165, 1.54) is 11.3 Å². The van der Waals surface area contributed by atoms with Gasteiger partial charge in [0.2, 0.25) is 0 Å². The second kappa shape index (κ2) is 7.82. The van der Waals surface area contributed by atoms with E-state index in [9.17, 15) is 0 Å². The van der Waals surface area contributed by atoms with Crippen molar-refractivity contribution in [2.24, 2.45) is 5.73 Å². The lowest BCUT2D eigenvalue weighted by Crippen LogP contribution is -2.53. The molecule has 1 aromatic heterocycles. The van der Waals surface area contributed by atoms with E-state index >= 15 is 0 Å². The first-order chi connectivity index (χ1) is 10.1. The van der Waals surface area contributed by atoms with Crippen LogP contribution < -0.4 is 5.73 Å². The number of rotatable bonds is 6. The molecule has 1 aromatic rings. The first kappa shape index (κ1) is 16.3. The van der Waals surface area contributed by atoms with Crippen molar-refractivity contribution >= 4 is 17.2 Å². The summed E-state index contributed by atoms with van der Waals surface area (Å²) >= 11 is 5.23. The van der Waals surface area contributed by atoms with E-state index in [0.717, 1.165) is 45.6 Å². The van der Waals surface area contributed by atoms with Crippen LogP contribution in [0.3, 0.4) is 0 Å². The van der Waals surface area contributed by atoms with Crippen molar-refractivity contribution in [2.75, 3.05) is 26.2 Å². The molecule has 0 saturated carbocycles. The summed E-state index contributed by atoms with van der Waals surface area (Å²) in [6.45, 7) is 9.43. The lowest BCUT2D eigenvalue weighted by Gasteiger charge is -2.38. The van der Waals surface area contributed by atoms with Gasteiger partial charge in [0, 0.05) is 38.9 Å². The van der Waals surface area contributed by atoms with Gasteiger partial charge in [-0.1, -0.05) is 31.6 Å². The first-order valence-electron chi connectivity index (χ1n) is 7.78. The quantitative estimate of drug-likeness (QED) is 0.814. The van der Waals surface area contributed by atoms with E-state index in [1.54, 1.807) is 0 Å². The van der Waals surface area contributed by atoms with Crippen LogP contribution >= 0.6 is 12.2 Å². The molecule has 2 N–H and O–H groups in total. The fourth-order valence-corrected chi connectivity index (χ4v) is 3.17. The Morgan fingerprint density at radius 1 is 1.38 bits per heavy atom. The SMILES string of the molecule is CCCC(C(N)=S)N1CCN(Cc2ncccc2C)CC1. The van der Waals surface area contributed by atoms with Crippen LogP contribution in [0.4, 0.5) is 0 Å². The van der Waals surface area contributed by atoms with Crippen molar-refractivity contribution in [1.82, 2.24) is 14.8 Å². The van der Waals surface area contributed by atoms with Gasteiger partial charge in [-0.05, 0) is 25.0 Å². The summed E-state index contributed by atoms with van der Waals surface area (Å²) in [5, 5.41) is 0. The molecule has 1 saturated heterocycles. The molecular weight excluding hydrogens is 280 g/mol. The number of piperazine rings is 1. The number of hydrogen-bond acceptors (Lipinski definition) is 4. The second-order valence-electron chi connectivity index (χ2n) is 5.79. The van der Waals surface area contributed by atoms with Crippen molar-refractivity contribution in [1.29, 1.82) is 0 Å². The number of aromatic nitrogens is 1. The minimum Gasteiger partial charge on any atom is -0.392 e. The van der Waals surface area contributed by atoms with Crippen molar-refractivity contribution in [2.45, 2.75) is 39.3 Å². The smallest absolute Gasteiger partial charge is 0.0902 e. The van der Waals surface area contributed by atoms with Gasteiger partial charge < -0.3 is 5.73 Å². The summed E-state index contributed by atoms with van der Waals surface area (Å²) in [5.41, 5.74) is 8.35. The van der Waals surface area contributed by atoms with Crippen LogP contribution in [-0.2, 0) is 6.54 Å². The van der Waals surface area contributed by atoms with Gasteiger partial charge in [0.15, 0.2) is 0 Å². The lowest BCUT2D eigenvalue weighted by molar-refractivity contribution is 0.109. The van der Waals surface area contributed by atoms with Crippen LogP contribution in [0.5, 0.6) is 0 Å². The Kier molecular flexibility index (Phi) is 6.08. The topological polar surface area (TPSA) is 45.4 Å². The van der Waals surface area contributed by atoms with E-state index in [4.69, 9.17) is 18.0 Å². The molecule has 1 atom stereocenters. The van der Waals surface area contributed by atoms with Gasteiger partial charge in [-0.15, -0.1) is 0 Å². The Bertz CT molecular complexity index is 469. The monoisotopic (exact) mass is 306 g/mol. The highest BCUT2D eigenvalue weighted by molar-refractivity contribution is 7.80. The number of hydrogen-bond donors (Lipinski definition) is 1. The predicted octanol–water partition coefficient (Wildman–Crippen LogP) is 1.96. The maximum Gasteiger partial charge on any atom is 0.0902 e. The van der Waals surface area contributed by atoms with Gasteiger partial charge in [0.25, 0.3) is 0 Å². The van der Waals surface area contributed by atoms with Crippen molar-refractivity contribution in [3.8, 4) is 0 Å². The summed E-state index contributed by atoms with van der Waals surface area (Å²) in [6, 6.07) is 4.39. The highest BCUT2D eigenvalue weighted by atomic mass is 32.1. The summed E-state index contributed by atoms with van der Waals surface area (Å²) < 4.78 is 0. The lowest BCUT2D eigenvalue weighted by atomic mass is 10.1. The van der Waals surface area contributed by atoms with Crippen LogP contribution in [0.15, 0.2) is 18.3 Å². The van der Waals surface area contributed by atoms with E-state index in [2.05, 4.69) is 34.7 Å². The average molecular weight is 306 g/mol. The molecule has 0 aromatic carbocycles. The minimum absolute atomic E-state index is 0.267.